The van der Waals surface area contributed by atoms with Crippen LogP contribution in [0.2, 0.25) is 0 Å². The van der Waals surface area contributed by atoms with Crippen molar-refractivity contribution in [3.8, 4) is 22.6 Å². The summed E-state index contributed by atoms with van der Waals surface area (Å²) in [5.41, 5.74) is 12.3. The number of hydrogen-bond donors (Lipinski definition) is 1. The molecular formula is C37H25BN2OS2. The summed E-state index contributed by atoms with van der Waals surface area (Å²) in [5, 5.41) is 3.75. The van der Waals surface area contributed by atoms with Crippen LogP contribution >= 0.6 is 23.5 Å². The van der Waals surface area contributed by atoms with E-state index in [0.29, 0.717) is 0 Å². The minimum atomic E-state index is 0.877. The SMILES string of the molecule is Cc1cc(-c2cc3c(cc2Nc2ccccc2)Oc2ccccc2S3)c2c(c1)N1c3ccccc3Sc3cccc(c31)B2. The fraction of sp³-hybridized carbons (Fsp3) is 0.0270. The Labute approximate surface area is 260 Å². The van der Waals surface area contributed by atoms with Crippen molar-refractivity contribution in [2.45, 2.75) is 26.5 Å². The number of hydrogen-bond acceptors (Lipinski definition) is 5. The predicted molar refractivity (Wildman–Crippen MR) is 182 cm³/mol. The average molecular weight is 589 g/mol. The van der Waals surface area contributed by atoms with Crippen LogP contribution < -0.4 is 25.9 Å². The zero-order valence-corrected chi connectivity index (χ0v) is 25.1. The van der Waals surface area contributed by atoms with E-state index in [1.54, 1.807) is 11.8 Å². The van der Waals surface area contributed by atoms with Crippen molar-refractivity contribution in [1.82, 2.24) is 0 Å². The first-order chi connectivity index (χ1) is 21.2. The monoisotopic (exact) mass is 588 g/mol. The molecule has 3 aliphatic heterocycles. The van der Waals surface area contributed by atoms with Crippen molar-refractivity contribution in [1.29, 1.82) is 0 Å². The van der Waals surface area contributed by atoms with Crippen molar-refractivity contribution < 1.29 is 4.74 Å². The van der Waals surface area contributed by atoms with Crippen LogP contribution in [0.3, 0.4) is 0 Å². The van der Waals surface area contributed by atoms with Crippen LogP contribution in [0.25, 0.3) is 11.1 Å². The van der Waals surface area contributed by atoms with E-state index in [1.807, 2.05) is 30.0 Å². The highest BCUT2D eigenvalue weighted by molar-refractivity contribution is 8.00. The number of fused-ring (bicyclic) bond motifs is 6. The van der Waals surface area contributed by atoms with Gasteiger partial charge in [-0.3, -0.25) is 0 Å². The molecule has 1 N–H and O–H groups in total. The van der Waals surface area contributed by atoms with Crippen LogP contribution in [0.4, 0.5) is 28.4 Å². The van der Waals surface area contributed by atoms with E-state index in [-0.39, 0.29) is 0 Å². The zero-order valence-electron chi connectivity index (χ0n) is 23.4. The molecule has 0 aromatic heterocycles. The fourth-order valence-electron chi connectivity index (χ4n) is 6.46. The molecule has 204 valence electrons. The topological polar surface area (TPSA) is 24.5 Å². The Kier molecular flexibility index (Phi) is 5.68. The largest absolute Gasteiger partial charge is 0.455 e. The number of para-hydroxylation sites is 4. The number of benzene rings is 6. The van der Waals surface area contributed by atoms with Gasteiger partial charge in [0.2, 0.25) is 0 Å². The zero-order chi connectivity index (χ0) is 28.5. The Bertz CT molecular complexity index is 2100. The molecule has 6 heteroatoms. The molecule has 9 rings (SSSR count). The van der Waals surface area contributed by atoms with E-state index in [1.165, 1.54) is 54.5 Å². The van der Waals surface area contributed by atoms with Gasteiger partial charge in [0.05, 0.1) is 26.9 Å². The van der Waals surface area contributed by atoms with Gasteiger partial charge < -0.3 is 15.0 Å². The number of anilines is 5. The van der Waals surface area contributed by atoms with Crippen LogP contribution in [-0.2, 0) is 0 Å². The van der Waals surface area contributed by atoms with E-state index >= 15 is 0 Å². The molecule has 0 radical (unpaired) electrons. The van der Waals surface area contributed by atoms with Crippen molar-refractivity contribution >= 4 is 70.2 Å². The van der Waals surface area contributed by atoms with Gasteiger partial charge in [0.25, 0.3) is 0 Å². The first kappa shape index (κ1) is 25.0. The molecule has 0 unspecified atom stereocenters. The van der Waals surface area contributed by atoms with Gasteiger partial charge in [0, 0.05) is 32.8 Å². The number of nitrogens with zero attached hydrogens (tertiary/aromatic N) is 1. The summed E-state index contributed by atoms with van der Waals surface area (Å²) in [7, 11) is 0.877. The lowest BCUT2D eigenvalue weighted by Gasteiger charge is -2.39. The lowest BCUT2D eigenvalue weighted by molar-refractivity contribution is 0.455. The van der Waals surface area contributed by atoms with E-state index in [0.717, 1.165) is 39.9 Å². The van der Waals surface area contributed by atoms with Gasteiger partial charge in [-0.1, -0.05) is 89.7 Å². The molecule has 0 aliphatic carbocycles. The Morgan fingerprint density at radius 2 is 1.40 bits per heavy atom. The highest BCUT2D eigenvalue weighted by Gasteiger charge is 2.34. The number of rotatable bonds is 3. The van der Waals surface area contributed by atoms with E-state index in [9.17, 15) is 0 Å². The number of ether oxygens (including phenoxy) is 1. The maximum atomic E-state index is 6.45. The molecule has 0 saturated heterocycles. The third-order valence-corrected chi connectivity index (χ3v) is 10.5. The summed E-state index contributed by atoms with van der Waals surface area (Å²) >= 11 is 3.65. The maximum absolute atomic E-state index is 6.45. The number of nitrogens with one attached hydrogen (secondary N) is 1. The Morgan fingerprint density at radius 1 is 0.628 bits per heavy atom. The first-order valence-electron chi connectivity index (χ1n) is 14.5. The van der Waals surface area contributed by atoms with Crippen molar-refractivity contribution in [2.24, 2.45) is 0 Å². The van der Waals surface area contributed by atoms with Crippen molar-refractivity contribution in [3.05, 3.63) is 127 Å². The Balaban J connectivity index is 1.27. The first-order valence-corrected chi connectivity index (χ1v) is 16.1. The third-order valence-electron chi connectivity index (χ3n) is 8.33. The molecule has 6 aromatic carbocycles. The quantitative estimate of drug-likeness (QED) is 0.208. The molecule has 0 atom stereocenters. The second kappa shape index (κ2) is 9.76. The van der Waals surface area contributed by atoms with Gasteiger partial charge >= 0.3 is 0 Å². The van der Waals surface area contributed by atoms with Gasteiger partial charge in [-0.25, -0.2) is 0 Å². The second-order valence-corrected chi connectivity index (χ2v) is 13.3. The summed E-state index contributed by atoms with van der Waals surface area (Å²) in [6.45, 7) is 2.21. The Morgan fingerprint density at radius 3 is 2.30 bits per heavy atom. The summed E-state index contributed by atoms with van der Waals surface area (Å²) < 4.78 is 6.45. The molecule has 3 heterocycles. The molecule has 3 nitrogen and oxygen atoms in total. The second-order valence-electron chi connectivity index (χ2n) is 11.1. The van der Waals surface area contributed by atoms with Gasteiger partial charge in [0.15, 0.2) is 7.28 Å². The van der Waals surface area contributed by atoms with Crippen LogP contribution in [0.1, 0.15) is 5.56 Å². The van der Waals surface area contributed by atoms with Gasteiger partial charge in [-0.15, -0.1) is 0 Å². The molecule has 43 heavy (non-hydrogen) atoms. The number of aryl methyl sites for hydroxylation is 1. The van der Waals surface area contributed by atoms with Gasteiger partial charge in [-0.05, 0) is 78.1 Å². The van der Waals surface area contributed by atoms with Crippen LogP contribution in [-0.4, -0.2) is 7.28 Å². The lowest BCUT2D eigenvalue weighted by atomic mass is 9.58. The molecule has 0 bridgehead atoms. The van der Waals surface area contributed by atoms with Crippen LogP contribution in [0, 0.1) is 6.92 Å². The summed E-state index contributed by atoms with van der Waals surface area (Å²) in [4.78, 5) is 7.37. The molecule has 0 saturated carbocycles. The van der Waals surface area contributed by atoms with Crippen molar-refractivity contribution in [3.63, 3.8) is 0 Å². The minimum absolute atomic E-state index is 0.877. The predicted octanol–water partition coefficient (Wildman–Crippen LogP) is 9.30. The van der Waals surface area contributed by atoms with Crippen LogP contribution in [0.5, 0.6) is 11.5 Å². The summed E-state index contributed by atoms with van der Waals surface area (Å²) in [6.07, 6.45) is 0. The molecule has 0 spiro atoms. The normalized spacial score (nSPS) is 13.4. The molecular weight excluding hydrogens is 563 g/mol. The highest BCUT2D eigenvalue weighted by Crippen LogP contribution is 2.53. The standard InChI is InChI=1S/C37H25BN2OS2/c1-22-18-25(36-29(19-22)40-28-13-5-7-15-32(28)42-34-17-9-12-26(38-36)37(34)40)24-20-35-31(41-30-14-6-8-16-33(30)43-35)21-27(24)39-23-10-3-2-4-11-23/h2-21,38-39H,1H3. The van der Waals surface area contributed by atoms with E-state index < -0.39 is 0 Å². The van der Waals surface area contributed by atoms with E-state index in [4.69, 9.17) is 4.74 Å². The molecule has 0 amide bonds. The lowest BCUT2D eigenvalue weighted by Crippen LogP contribution is -2.42. The maximum Gasteiger partial charge on any atom is 0.198 e. The molecule has 0 fully saturated rings. The summed E-state index contributed by atoms with van der Waals surface area (Å²) in [5.74, 6) is 1.78. The summed E-state index contributed by atoms with van der Waals surface area (Å²) in [6, 6.07) is 43.4. The average Bonchev–Trinajstić information content (AvgIpc) is 3.04. The third kappa shape index (κ3) is 4.09. The molecule has 3 aliphatic rings. The fourth-order valence-corrected chi connectivity index (χ4v) is 8.54. The van der Waals surface area contributed by atoms with Gasteiger partial charge in [0.1, 0.15) is 11.5 Å². The minimum Gasteiger partial charge on any atom is -0.455 e. The smallest absolute Gasteiger partial charge is 0.198 e. The van der Waals surface area contributed by atoms with E-state index in [2.05, 4.69) is 120 Å². The highest BCUT2D eigenvalue weighted by atomic mass is 32.2. The van der Waals surface area contributed by atoms with Gasteiger partial charge in [-0.2, -0.15) is 0 Å². The van der Waals surface area contributed by atoms with Crippen molar-refractivity contribution in [2.75, 3.05) is 10.2 Å². The van der Waals surface area contributed by atoms with Crippen LogP contribution in [0.15, 0.2) is 141 Å². The molecule has 6 aromatic rings. The Hall–Kier alpha value is -4.52.